The Balaban J connectivity index is 1.55. The first kappa shape index (κ1) is 16.3. The number of fused-ring (bicyclic) bond motifs is 6. The van der Waals surface area contributed by atoms with Gasteiger partial charge in [0.25, 0.3) is 0 Å². The fraction of sp³-hybridized carbons (Fsp3) is 0. The highest BCUT2D eigenvalue weighted by Gasteiger charge is 2.12. The number of para-hydroxylation sites is 1. The first-order valence-corrected chi connectivity index (χ1v) is 9.42. The summed E-state index contributed by atoms with van der Waals surface area (Å²) in [5.74, 6) is 0.611. The van der Waals surface area contributed by atoms with Crippen LogP contribution in [0, 0.1) is 0 Å². The van der Waals surface area contributed by atoms with Gasteiger partial charge in [-0.3, -0.25) is 0 Å². The Morgan fingerprint density at radius 3 is 1.83 bits per heavy atom. The highest BCUT2D eigenvalue weighted by Crippen LogP contribution is 2.36. The lowest BCUT2D eigenvalue weighted by Crippen LogP contribution is -1.98. The minimum Gasteiger partial charge on any atom is -0.539 e. The van der Waals surface area contributed by atoms with Gasteiger partial charge in [0, 0.05) is 21.5 Å². The van der Waals surface area contributed by atoms with Gasteiger partial charge in [0.05, 0.1) is 0 Å². The first-order valence-electron chi connectivity index (χ1n) is 9.42. The van der Waals surface area contributed by atoms with Gasteiger partial charge in [-0.1, -0.05) is 30.3 Å². The third kappa shape index (κ3) is 2.52. The smallest absolute Gasteiger partial charge is 0.504 e. The summed E-state index contributed by atoms with van der Waals surface area (Å²) in [5.41, 5.74) is 5.60. The molecule has 0 aliphatic carbocycles. The van der Waals surface area contributed by atoms with Crippen molar-refractivity contribution in [2.24, 2.45) is 0 Å². The standard InChI is InChI=1S/C24H15BO4/c26-25-29-16-7-10-24-20(13-16)19-12-15(6-9-23(19)28-24)14-5-8-22-18(11-14)17-3-1-2-4-21(17)27-22/h1-13,25-26H. The van der Waals surface area contributed by atoms with Gasteiger partial charge in [0.15, 0.2) is 0 Å². The van der Waals surface area contributed by atoms with Crippen molar-refractivity contribution in [3.8, 4) is 16.9 Å². The van der Waals surface area contributed by atoms with Crippen LogP contribution in [-0.4, -0.2) is 12.7 Å². The van der Waals surface area contributed by atoms with Crippen LogP contribution in [0.1, 0.15) is 0 Å². The molecule has 0 amide bonds. The molecule has 2 aromatic heterocycles. The summed E-state index contributed by atoms with van der Waals surface area (Å²) in [4.78, 5) is 0. The zero-order chi connectivity index (χ0) is 19.4. The molecule has 0 unspecified atom stereocenters. The van der Waals surface area contributed by atoms with Gasteiger partial charge in [0.2, 0.25) is 0 Å². The van der Waals surface area contributed by atoms with Crippen molar-refractivity contribution >= 4 is 51.6 Å². The average Bonchev–Trinajstić information content (AvgIpc) is 3.31. The molecule has 6 rings (SSSR count). The predicted molar refractivity (Wildman–Crippen MR) is 116 cm³/mol. The van der Waals surface area contributed by atoms with E-state index < -0.39 is 0 Å². The maximum Gasteiger partial charge on any atom is 0.504 e. The summed E-state index contributed by atoms with van der Waals surface area (Å²) in [6, 6.07) is 26.1. The Labute approximate surface area is 166 Å². The monoisotopic (exact) mass is 378 g/mol. The quantitative estimate of drug-likeness (QED) is 0.396. The molecule has 5 heteroatoms. The number of hydrogen-bond donors (Lipinski definition) is 1. The van der Waals surface area contributed by atoms with E-state index in [0.717, 1.165) is 55.0 Å². The lowest BCUT2D eigenvalue weighted by molar-refractivity contribution is 0.454. The zero-order valence-corrected chi connectivity index (χ0v) is 15.4. The van der Waals surface area contributed by atoms with E-state index >= 15 is 0 Å². The van der Waals surface area contributed by atoms with Gasteiger partial charge in [-0.05, 0) is 59.7 Å². The van der Waals surface area contributed by atoms with E-state index in [1.54, 1.807) is 6.07 Å². The SMILES string of the molecule is OBOc1ccc2oc3ccc(-c4ccc5oc6ccccc6c5c4)cc3c2c1. The zero-order valence-electron chi connectivity index (χ0n) is 15.4. The summed E-state index contributed by atoms with van der Waals surface area (Å²) in [6.45, 7) is 0. The average molecular weight is 378 g/mol. The molecule has 0 aliphatic rings. The third-order valence-electron chi connectivity index (χ3n) is 5.38. The molecule has 29 heavy (non-hydrogen) atoms. The van der Waals surface area contributed by atoms with Crippen LogP contribution in [0.15, 0.2) is 87.7 Å². The van der Waals surface area contributed by atoms with Crippen LogP contribution in [0.3, 0.4) is 0 Å². The molecule has 0 aliphatic heterocycles. The van der Waals surface area contributed by atoms with Crippen molar-refractivity contribution in [3.05, 3.63) is 78.9 Å². The molecule has 1 N–H and O–H groups in total. The predicted octanol–water partition coefficient (Wildman–Crippen LogP) is 5.79. The van der Waals surface area contributed by atoms with E-state index in [1.807, 2.05) is 42.5 Å². The normalized spacial score (nSPS) is 11.6. The van der Waals surface area contributed by atoms with Crippen LogP contribution in [0.25, 0.3) is 55.0 Å². The van der Waals surface area contributed by atoms with Crippen molar-refractivity contribution in [2.45, 2.75) is 0 Å². The van der Waals surface area contributed by atoms with Crippen LogP contribution >= 0.6 is 0 Å². The highest BCUT2D eigenvalue weighted by atomic mass is 16.5. The van der Waals surface area contributed by atoms with Gasteiger partial charge in [-0.25, -0.2) is 0 Å². The summed E-state index contributed by atoms with van der Waals surface area (Å²) < 4.78 is 17.1. The Morgan fingerprint density at radius 2 is 1.14 bits per heavy atom. The van der Waals surface area contributed by atoms with E-state index in [0.29, 0.717) is 5.75 Å². The number of rotatable bonds is 3. The molecule has 0 fully saturated rings. The second-order valence-electron chi connectivity index (χ2n) is 7.05. The van der Waals surface area contributed by atoms with E-state index in [2.05, 4.69) is 30.3 Å². The van der Waals surface area contributed by atoms with Crippen molar-refractivity contribution in [1.29, 1.82) is 0 Å². The molecule has 4 nitrogen and oxygen atoms in total. The minimum absolute atomic E-state index is 0.356. The number of benzene rings is 4. The van der Waals surface area contributed by atoms with Crippen LogP contribution in [0.2, 0.25) is 0 Å². The molecular weight excluding hydrogens is 363 g/mol. The van der Waals surface area contributed by atoms with Gasteiger partial charge in [-0.15, -0.1) is 0 Å². The topological polar surface area (TPSA) is 55.7 Å². The molecule has 4 aromatic carbocycles. The maximum absolute atomic E-state index is 9.04. The van der Waals surface area contributed by atoms with E-state index in [4.69, 9.17) is 18.5 Å². The molecule has 2 heterocycles. The van der Waals surface area contributed by atoms with Crippen molar-refractivity contribution in [3.63, 3.8) is 0 Å². The van der Waals surface area contributed by atoms with Crippen molar-refractivity contribution < 1.29 is 18.5 Å². The van der Waals surface area contributed by atoms with Gasteiger partial charge < -0.3 is 18.5 Å². The Hall–Kier alpha value is -3.70. The van der Waals surface area contributed by atoms with Gasteiger partial charge >= 0.3 is 7.69 Å². The van der Waals surface area contributed by atoms with E-state index in [-0.39, 0.29) is 7.69 Å². The Bertz CT molecular complexity index is 1530. The molecule has 0 bridgehead atoms. The highest BCUT2D eigenvalue weighted by molar-refractivity contribution is 6.17. The van der Waals surface area contributed by atoms with E-state index in [9.17, 15) is 0 Å². The molecule has 138 valence electrons. The second kappa shape index (κ2) is 6.16. The largest absolute Gasteiger partial charge is 0.539 e. The summed E-state index contributed by atoms with van der Waals surface area (Å²) in [6.07, 6.45) is 0. The van der Waals surface area contributed by atoms with Crippen LogP contribution < -0.4 is 4.65 Å². The Kier molecular flexibility index (Phi) is 3.46. The second-order valence-corrected chi connectivity index (χ2v) is 7.05. The van der Waals surface area contributed by atoms with Crippen molar-refractivity contribution in [2.75, 3.05) is 0 Å². The molecule has 6 aromatic rings. The van der Waals surface area contributed by atoms with Gasteiger partial charge in [-0.2, -0.15) is 0 Å². The molecule has 0 spiro atoms. The minimum atomic E-state index is -0.356. The fourth-order valence-electron chi connectivity index (χ4n) is 4.01. The third-order valence-corrected chi connectivity index (χ3v) is 5.38. The summed E-state index contributed by atoms with van der Waals surface area (Å²) in [7, 11) is -0.356. The number of hydrogen-bond acceptors (Lipinski definition) is 4. The molecule has 0 radical (unpaired) electrons. The summed E-state index contributed by atoms with van der Waals surface area (Å²) >= 11 is 0. The van der Waals surface area contributed by atoms with Crippen LogP contribution in [0.4, 0.5) is 0 Å². The summed E-state index contributed by atoms with van der Waals surface area (Å²) in [5, 5.41) is 13.2. The maximum atomic E-state index is 9.04. The fourth-order valence-corrected chi connectivity index (χ4v) is 4.01. The van der Waals surface area contributed by atoms with Crippen LogP contribution in [-0.2, 0) is 0 Å². The molecule has 0 atom stereocenters. The lowest BCUT2D eigenvalue weighted by Gasteiger charge is -2.03. The molecular formula is C24H15BO4. The van der Waals surface area contributed by atoms with E-state index in [1.165, 1.54) is 0 Å². The number of furan rings is 2. The molecule has 0 saturated heterocycles. The Morgan fingerprint density at radius 1 is 0.586 bits per heavy atom. The van der Waals surface area contributed by atoms with Crippen molar-refractivity contribution in [1.82, 2.24) is 0 Å². The molecule has 0 saturated carbocycles. The van der Waals surface area contributed by atoms with Gasteiger partial charge in [0.1, 0.15) is 28.1 Å². The lowest BCUT2D eigenvalue weighted by atomic mass is 10.0. The van der Waals surface area contributed by atoms with Crippen LogP contribution in [0.5, 0.6) is 5.75 Å². The first-order chi connectivity index (χ1) is 14.3.